The van der Waals surface area contributed by atoms with Crippen LogP contribution in [0.3, 0.4) is 0 Å². The van der Waals surface area contributed by atoms with Crippen LogP contribution in [0.25, 0.3) is 0 Å². The van der Waals surface area contributed by atoms with Crippen LogP contribution in [0.5, 0.6) is 0 Å². The summed E-state index contributed by atoms with van der Waals surface area (Å²) in [5, 5.41) is 0. The average Bonchev–Trinajstić information content (AvgIpc) is 1.89. The topological polar surface area (TPSA) is 0 Å². The van der Waals surface area contributed by atoms with Gasteiger partial charge in [0, 0.05) is 5.75 Å². The maximum absolute atomic E-state index is 3.55. The van der Waals surface area contributed by atoms with Gasteiger partial charge in [0.05, 0.1) is 0 Å². The Kier molecular flexibility index (Phi) is 7.21. The maximum Gasteiger partial charge on any atom is 0.0113 e. The molecule has 0 saturated carbocycles. The van der Waals surface area contributed by atoms with Crippen molar-refractivity contribution in [2.45, 2.75) is 0 Å². The third-order valence-corrected chi connectivity index (χ3v) is 1.28. The van der Waals surface area contributed by atoms with Gasteiger partial charge in [-0.25, -0.2) is 0 Å². The highest BCUT2D eigenvalue weighted by Crippen LogP contribution is 1.90. The van der Waals surface area contributed by atoms with Gasteiger partial charge in [0.1, 0.15) is 0 Å². The van der Waals surface area contributed by atoms with Crippen molar-refractivity contribution in [3.8, 4) is 0 Å². The number of rotatable bonds is 4. The lowest BCUT2D eigenvalue weighted by Crippen LogP contribution is -1.62. The SMILES string of the molecule is C=C/C=C\C=C/CSC. The molecule has 0 rings (SSSR count). The van der Waals surface area contributed by atoms with Crippen molar-refractivity contribution in [1.82, 2.24) is 0 Å². The standard InChI is InChI=1S/C8H12S/c1-3-4-5-6-7-8-9-2/h3-7H,1,8H2,2H3/b5-4-,7-6-. The van der Waals surface area contributed by atoms with Crippen LogP contribution in [0, 0.1) is 0 Å². The summed E-state index contributed by atoms with van der Waals surface area (Å²) in [6.07, 6.45) is 11.9. The van der Waals surface area contributed by atoms with Gasteiger partial charge in [0.25, 0.3) is 0 Å². The summed E-state index contributed by atoms with van der Waals surface area (Å²) >= 11 is 1.81. The van der Waals surface area contributed by atoms with E-state index < -0.39 is 0 Å². The molecule has 0 aromatic carbocycles. The Hall–Kier alpha value is -0.430. The Labute approximate surface area is 61.3 Å². The second kappa shape index (κ2) is 7.57. The molecule has 0 radical (unpaired) electrons. The highest BCUT2D eigenvalue weighted by Gasteiger charge is 1.67. The molecule has 0 N–H and O–H groups in total. The molecule has 0 aliphatic heterocycles. The molecule has 1 heteroatoms. The van der Waals surface area contributed by atoms with Gasteiger partial charge in [0.2, 0.25) is 0 Å². The smallest absolute Gasteiger partial charge is 0.0113 e. The molecule has 0 atom stereocenters. The van der Waals surface area contributed by atoms with Crippen molar-refractivity contribution in [2.24, 2.45) is 0 Å². The first-order valence-electron chi connectivity index (χ1n) is 2.85. The summed E-state index contributed by atoms with van der Waals surface area (Å²) in [7, 11) is 0. The maximum atomic E-state index is 3.55. The molecule has 0 spiro atoms. The highest BCUT2D eigenvalue weighted by atomic mass is 32.2. The molecule has 50 valence electrons. The minimum Gasteiger partial charge on any atom is -0.161 e. The zero-order valence-corrected chi connectivity index (χ0v) is 6.53. The molecule has 0 heterocycles. The van der Waals surface area contributed by atoms with Crippen molar-refractivity contribution >= 4 is 11.8 Å². The van der Waals surface area contributed by atoms with E-state index >= 15 is 0 Å². The van der Waals surface area contributed by atoms with Gasteiger partial charge >= 0.3 is 0 Å². The number of allylic oxidation sites excluding steroid dienone is 4. The van der Waals surface area contributed by atoms with Crippen molar-refractivity contribution in [3.05, 3.63) is 37.0 Å². The van der Waals surface area contributed by atoms with E-state index in [4.69, 9.17) is 0 Å². The fraction of sp³-hybridized carbons (Fsp3) is 0.250. The van der Waals surface area contributed by atoms with Crippen LogP contribution in [0.15, 0.2) is 37.0 Å². The van der Waals surface area contributed by atoms with E-state index in [2.05, 4.69) is 18.9 Å². The quantitative estimate of drug-likeness (QED) is 0.541. The number of hydrogen-bond acceptors (Lipinski definition) is 1. The third-order valence-electron chi connectivity index (χ3n) is 0.757. The fourth-order valence-electron chi connectivity index (χ4n) is 0.373. The Morgan fingerprint density at radius 1 is 1.33 bits per heavy atom. The Morgan fingerprint density at radius 3 is 2.67 bits per heavy atom. The summed E-state index contributed by atoms with van der Waals surface area (Å²) in [5.74, 6) is 1.08. The minimum absolute atomic E-state index is 1.08. The van der Waals surface area contributed by atoms with Gasteiger partial charge in [-0.05, 0) is 6.26 Å². The lowest BCUT2D eigenvalue weighted by molar-refractivity contribution is 1.75. The van der Waals surface area contributed by atoms with Crippen LogP contribution >= 0.6 is 11.8 Å². The van der Waals surface area contributed by atoms with Crippen LogP contribution < -0.4 is 0 Å². The molecule has 0 aromatic rings. The molecule has 0 bridgehead atoms. The first-order chi connectivity index (χ1) is 4.41. The van der Waals surface area contributed by atoms with Gasteiger partial charge in [-0.3, -0.25) is 0 Å². The van der Waals surface area contributed by atoms with E-state index in [0.717, 1.165) is 5.75 Å². The first-order valence-corrected chi connectivity index (χ1v) is 4.24. The normalized spacial score (nSPS) is 11.2. The van der Waals surface area contributed by atoms with Gasteiger partial charge in [-0.15, -0.1) is 0 Å². The molecule has 0 amide bonds. The monoisotopic (exact) mass is 140 g/mol. The van der Waals surface area contributed by atoms with Gasteiger partial charge in [0.15, 0.2) is 0 Å². The minimum atomic E-state index is 1.08. The summed E-state index contributed by atoms with van der Waals surface area (Å²) < 4.78 is 0. The second-order valence-electron chi connectivity index (χ2n) is 1.50. The zero-order valence-electron chi connectivity index (χ0n) is 5.71. The van der Waals surface area contributed by atoms with Crippen LogP contribution in [0.4, 0.5) is 0 Å². The van der Waals surface area contributed by atoms with Gasteiger partial charge in [-0.2, -0.15) is 11.8 Å². The fourth-order valence-corrected chi connectivity index (χ4v) is 0.677. The predicted octanol–water partition coefficient (Wildman–Crippen LogP) is 2.65. The second-order valence-corrected chi connectivity index (χ2v) is 2.41. The Morgan fingerprint density at radius 2 is 2.11 bits per heavy atom. The molecule has 0 aliphatic rings. The van der Waals surface area contributed by atoms with E-state index in [1.807, 2.05) is 30.0 Å². The van der Waals surface area contributed by atoms with E-state index in [-0.39, 0.29) is 0 Å². The first kappa shape index (κ1) is 8.57. The molecular weight excluding hydrogens is 128 g/mol. The van der Waals surface area contributed by atoms with Crippen LogP contribution in [-0.2, 0) is 0 Å². The van der Waals surface area contributed by atoms with Crippen molar-refractivity contribution in [1.29, 1.82) is 0 Å². The van der Waals surface area contributed by atoms with E-state index in [1.54, 1.807) is 6.08 Å². The Bertz CT molecular complexity index is 112. The molecule has 0 aliphatic carbocycles. The summed E-state index contributed by atoms with van der Waals surface area (Å²) in [4.78, 5) is 0. The number of thioether (sulfide) groups is 1. The molecule has 0 fully saturated rings. The summed E-state index contributed by atoms with van der Waals surface area (Å²) in [5.41, 5.74) is 0. The summed E-state index contributed by atoms with van der Waals surface area (Å²) in [6.45, 7) is 3.55. The zero-order chi connectivity index (χ0) is 6.95. The average molecular weight is 140 g/mol. The van der Waals surface area contributed by atoms with Crippen LogP contribution in [0.2, 0.25) is 0 Å². The summed E-state index contributed by atoms with van der Waals surface area (Å²) in [6, 6.07) is 0. The molecule has 9 heavy (non-hydrogen) atoms. The number of hydrogen-bond donors (Lipinski definition) is 0. The molecule has 0 unspecified atom stereocenters. The van der Waals surface area contributed by atoms with Crippen molar-refractivity contribution in [2.75, 3.05) is 12.0 Å². The van der Waals surface area contributed by atoms with E-state index in [9.17, 15) is 0 Å². The Balaban J connectivity index is 3.23. The van der Waals surface area contributed by atoms with E-state index in [0.29, 0.717) is 0 Å². The van der Waals surface area contributed by atoms with Crippen molar-refractivity contribution in [3.63, 3.8) is 0 Å². The highest BCUT2D eigenvalue weighted by molar-refractivity contribution is 7.98. The van der Waals surface area contributed by atoms with Gasteiger partial charge in [-0.1, -0.05) is 37.0 Å². The van der Waals surface area contributed by atoms with Crippen LogP contribution in [0.1, 0.15) is 0 Å². The lowest BCUT2D eigenvalue weighted by Gasteiger charge is -1.79. The molecule has 0 nitrogen and oxygen atoms in total. The molecule has 0 aromatic heterocycles. The van der Waals surface area contributed by atoms with Crippen molar-refractivity contribution < 1.29 is 0 Å². The lowest BCUT2D eigenvalue weighted by atomic mass is 10.4. The molecule has 0 saturated heterocycles. The van der Waals surface area contributed by atoms with Gasteiger partial charge < -0.3 is 0 Å². The predicted molar refractivity (Wildman–Crippen MR) is 46.9 cm³/mol. The van der Waals surface area contributed by atoms with Crippen LogP contribution in [-0.4, -0.2) is 12.0 Å². The third kappa shape index (κ3) is 7.57. The largest absolute Gasteiger partial charge is 0.161 e. The van der Waals surface area contributed by atoms with E-state index in [1.165, 1.54) is 0 Å². The molecular formula is C8H12S.